The van der Waals surface area contributed by atoms with Gasteiger partial charge in [0.25, 0.3) is 0 Å². The number of rotatable bonds is 2. The van der Waals surface area contributed by atoms with Crippen molar-refractivity contribution in [3.05, 3.63) is 23.8 Å². The second-order valence-electron chi connectivity index (χ2n) is 5.51. The van der Waals surface area contributed by atoms with E-state index in [9.17, 15) is 4.79 Å². The summed E-state index contributed by atoms with van der Waals surface area (Å²) in [6.07, 6.45) is 0.148. The van der Waals surface area contributed by atoms with Gasteiger partial charge in [-0.25, -0.2) is 4.79 Å². The van der Waals surface area contributed by atoms with Crippen LogP contribution < -0.4 is 14.8 Å². The third-order valence-electron chi connectivity index (χ3n) is 3.59. The third kappa shape index (κ3) is 3.21. The molecule has 1 fully saturated rings. The molecule has 0 unspecified atom stereocenters. The quantitative estimate of drug-likeness (QED) is 0.902. The maximum absolute atomic E-state index is 12.2. The Balaban J connectivity index is 1.56. The highest BCUT2D eigenvalue weighted by Gasteiger charge is 2.25. The first-order valence-electron chi connectivity index (χ1n) is 7.18. The molecule has 2 aliphatic heterocycles. The molecule has 2 heterocycles. The van der Waals surface area contributed by atoms with Crippen LogP contribution in [0.2, 0.25) is 0 Å². The Bertz CT molecular complexity index is 524. The first kappa shape index (κ1) is 14.0. The Morgan fingerprint density at radius 2 is 1.95 bits per heavy atom. The van der Waals surface area contributed by atoms with Gasteiger partial charge in [0.2, 0.25) is 6.79 Å². The molecular weight excluding hydrogens is 272 g/mol. The standard InChI is InChI=1S/C15H20N2O4/c1-10-7-17(8-11(2)21-10)15(18)16-6-12-3-4-13-14(5-12)20-9-19-13/h3-5,10-11H,6-9H2,1-2H3,(H,16,18)/t10-,11-/m1/s1. The van der Waals surface area contributed by atoms with E-state index < -0.39 is 0 Å². The lowest BCUT2D eigenvalue weighted by Crippen LogP contribution is -2.51. The van der Waals surface area contributed by atoms with Gasteiger partial charge in [0.05, 0.1) is 12.2 Å². The fourth-order valence-electron chi connectivity index (χ4n) is 2.68. The Kier molecular flexibility index (Phi) is 3.88. The zero-order chi connectivity index (χ0) is 14.8. The molecule has 0 aliphatic carbocycles. The lowest BCUT2D eigenvalue weighted by Gasteiger charge is -2.35. The number of carbonyl (C=O) groups is 1. The van der Waals surface area contributed by atoms with Crippen LogP contribution in [0.15, 0.2) is 18.2 Å². The summed E-state index contributed by atoms with van der Waals surface area (Å²) in [6.45, 7) is 5.93. The van der Waals surface area contributed by atoms with Crippen molar-refractivity contribution in [3.8, 4) is 11.5 Å². The predicted octanol–water partition coefficient (Wildman–Crippen LogP) is 1.73. The van der Waals surface area contributed by atoms with Gasteiger partial charge >= 0.3 is 6.03 Å². The summed E-state index contributed by atoms with van der Waals surface area (Å²) >= 11 is 0. The maximum Gasteiger partial charge on any atom is 0.317 e. The van der Waals surface area contributed by atoms with Crippen molar-refractivity contribution in [2.75, 3.05) is 19.9 Å². The van der Waals surface area contributed by atoms with Crippen molar-refractivity contribution < 1.29 is 19.0 Å². The summed E-state index contributed by atoms with van der Waals surface area (Å²) in [5.74, 6) is 1.48. The van der Waals surface area contributed by atoms with Gasteiger partial charge in [-0.3, -0.25) is 0 Å². The van der Waals surface area contributed by atoms with Gasteiger partial charge in [-0.15, -0.1) is 0 Å². The number of urea groups is 1. The molecule has 114 valence electrons. The van der Waals surface area contributed by atoms with Crippen LogP contribution in [0.25, 0.3) is 0 Å². The van der Waals surface area contributed by atoms with E-state index in [0.717, 1.165) is 17.1 Å². The summed E-state index contributed by atoms with van der Waals surface area (Å²) in [5.41, 5.74) is 0.988. The zero-order valence-corrected chi connectivity index (χ0v) is 12.3. The number of amides is 2. The van der Waals surface area contributed by atoms with E-state index in [1.807, 2.05) is 32.0 Å². The van der Waals surface area contributed by atoms with Crippen LogP contribution in [-0.2, 0) is 11.3 Å². The lowest BCUT2D eigenvalue weighted by atomic mass is 10.2. The van der Waals surface area contributed by atoms with E-state index in [1.165, 1.54) is 0 Å². The number of hydrogen-bond donors (Lipinski definition) is 1. The maximum atomic E-state index is 12.2. The summed E-state index contributed by atoms with van der Waals surface area (Å²) in [6, 6.07) is 5.63. The number of nitrogens with one attached hydrogen (secondary N) is 1. The zero-order valence-electron chi connectivity index (χ0n) is 12.3. The van der Waals surface area contributed by atoms with E-state index in [-0.39, 0.29) is 25.0 Å². The summed E-state index contributed by atoms with van der Waals surface area (Å²) < 4.78 is 16.2. The molecule has 1 saturated heterocycles. The van der Waals surface area contributed by atoms with Crippen LogP contribution in [-0.4, -0.2) is 43.0 Å². The average Bonchev–Trinajstić information content (AvgIpc) is 2.91. The molecule has 6 heteroatoms. The number of ether oxygens (including phenoxy) is 3. The van der Waals surface area contributed by atoms with Gasteiger partial charge in [0.15, 0.2) is 11.5 Å². The Hall–Kier alpha value is -1.95. The first-order valence-corrected chi connectivity index (χ1v) is 7.18. The molecule has 2 amide bonds. The van der Waals surface area contributed by atoms with Gasteiger partial charge in [0, 0.05) is 19.6 Å². The molecule has 1 aromatic carbocycles. The van der Waals surface area contributed by atoms with Crippen molar-refractivity contribution in [1.82, 2.24) is 10.2 Å². The molecule has 6 nitrogen and oxygen atoms in total. The number of fused-ring (bicyclic) bond motifs is 1. The van der Waals surface area contributed by atoms with Crippen molar-refractivity contribution in [3.63, 3.8) is 0 Å². The third-order valence-corrected chi connectivity index (χ3v) is 3.59. The summed E-state index contributed by atoms with van der Waals surface area (Å²) in [4.78, 5) is 14.0. The molecule has 3 rings (SSSR count). The first-order chi connectivity index (χ1) is 10.1. The van der Waals surface area contributed by atoms with Gasteiger partial charge in [-0.2, -0.15) is 0 Å². The Labute approximate surface area is 124 Å². The van der Waals surface area contributed by atoms with E-state index in [0.29, 0.717) is 19.6 Å². The summed E-state index contributed by atoms with van der Waals surface area (Å²) in [5, 5.41) is 2.94. The molecule has 0 aromatic heterocycles. The van der Waals surface area contributed by atoms with Gasteiger partial charge in [-0.1, -0.05) is 6.07 Å². The fraction of sp³-hybridized carbons (Fsp3) is 0.533. The highest BCUT2D eigenvalue weighted by atomic mass is 16.7. The van der Waals surface area contributed by atoms with Crippen molar-refractivity contribution in [2.45, 2.75) is 32.6 Å². The average molecular weight is 292 g/mol. The number of carbonyl (C=O) groups excluding carboxylic acids is 1. The van der Waals surface area contributed by atoms with Crippen LogP contribution in [0, 0.1) is 0 Å². The smallest absolute Gasteiger partial charge is 0.317 e. The molecule has 2 aliphatic rings. The minimum Gasteiger partial charge on any atom is -0.454 e. The second kappa shape index (κ2) is 5.81. The topological polar surface area (TPSA) is 60.0 Å². The fourth-order valence-corrected chi connectivity index (χ4v) is 2.68. The molecule has 0 radical (unpaired) electrons. The molecule has 1 aromatic rings. The number of hydrogen-bond acceptors (Lipinski definition) is 4. The van der Waals surface area contributed by atoms with E-state index in [4.69, 9.17) is 14.2 Å². The molecular formula is C15H20N2O4. The number of morpholine rings is 1. The predicted molar refractivity (Wildman–Crippen MR) is 76.4 cm³/mol. The number of nitrogens with zero attached hydrogens (tertiary/aromatic N) is 1. The van der Waals surface area contributed by atoms with Gasteiger partial charge in [-0.05, 0) is 31.5 Å². The van der Waals surface area contributed by atoms with Crippen molar-refractivity contribution >= 4 is 6.03 Å². The second-order valence-corrected chi connectivity index (χ2v) is 5.51. The molecule has 1 N–H and O–H groups in total. The minimum absolute atomic E-state index is 0.0605. The normalized spacial score (nSPS) is 24.0. The van der Waals surface area contributed by atoms with E-state index in [1.54, 1.807) is 4.90 Å². The van der Waals surface area contributed by atoms with Crippen LogP contribution in [0.3, 0.4) is 0 Å². The highest BCUT2D eigenvalue weighted by Crippen LogP contribution is 2.32. The minimum atomic E-state index is -0.0605. The van der Waals surface area contributed by atoms with Crippen LogP contribution in [0.1, 0.15) is 19.4 Å². The molecule has 0 bridgehead atoms. The van der Waals surface area contributed by atoms with Crippen LogP contribution in [0.4, 0.5) is 4.79 Å². The number of benzene rings is 1. The van der Waals surface area contributed by atoms with E-state index in [2.05, 4.69) is 5.32 Å². The Morgan fingerprint density at radius 3 is 2.71 bits per heavy atom. The van der Waals surface area contributed by atoms with Crippen molar-refractivity contribution in [1.29, 1.82) is 0 Å². The van der Waals surface area contributed by atoms with Gasteiger partial charge < -0.3 is 24.4 Å². The van der Waals surface area contributed by atoms with Crippen LogP contribution >= 0.6 is 0 Å². The SMILES string of the molecule is C[C@@H]1CN(C(=O)NCc2ccc3c(c2)OCO3)C[C@@H](C)O1. The van der Waals surface area contributed by atoms with Gasteiger partial charge in [0.1, 0.15) is 0 Å². The van der Waals surface area contributed by atoms with E-state index >= 15 is 0 Å². The lowest BCUT2D eigenvalue weighted by molar-refractivity contribution is -0.0545. The largest absolute Gasteiger partial charge is 0.454 e. The molecule has 2 atom stereocenters. The van der Waals surface area contributed by atoms with Crippen molar-refractivity contribution in [2.24, 2.45) is 0 Å². The monoisotopic (exact) mass is 292 g/mol. The molecule has 0 spiro atoms. The Morgan fingerprint density at radius 1 is 1.24 bits per heavy atom. The molecule has 0 saturated carbocycles. The summed E-state index contributed by atoms with van der Waals surface area (Å²) in [7, 11) is 0. The van der Waals surface area contributed by atoms with Crippen LogP contribution in [0.5, 0.6) is 11.5 Å². The molecule has 21 heavy (non-hydrogen) atoms. The highest BCUT2D eigenvalue weighted by molar-refractivity contribution is 5.74.